The number of alkyl halides is 1. The molecule has 2 aromatic carbocycles. The lowest BCUT2D eigenvalue weighted by atomic mass is 9.93. The largest absolute Gasteiger partial charge is 0.251 e. The Morgan fingerprint density at radius 1 is 0.905 bits per heavy atom. The van der Waals surface area contributed by atoms with Crippen LogP contribution < -0.4 is 0 Å². The Balaban J connectivity index is 2.06. The molecule has 0 spiro atoms. The van der Waals surface area contributed by atoms with Crippen LogP contribution in [0.15, 0.2) is 70.6 Å². The molecule has 0 fully saturated rings. The van der Waals surface area contributed by atoms with Crippen molar-refractivity contribution >= 4 is 34.1 Å². The molecule has 0 amide bonds. The van der Waals surface area contributed by atoms with Gasteiger partial charge in [-0.3, -0.25) is 4.99 Å². The Kier molecular flexibility index (Phi) is 4.48. The van der Waals surface area contributed by atoms with Gasteiger partial charge in [0.25, 0.3) is 0 Å². The van der Waals surface area contributed by atoms with Crippen molar-refractivity contribution in [3.8, 4) is 0 Å². The molecule has 0 aliphatic carbocycles. The third-order valence-corrected chi connectivity index (χ3v) is 4.84. The average Bonchev–Trinajstić information content (AvgIpc) is 2.55. The monoisotopic (exact) mass is 388 g/mol. The van der Waals surface area contributed by atoms with Crippen LogP contribution in [0.4, 0.5) is 0 Å². The third-order valence-electron chi connectivity index (χ3n) is 3.70. The van der Waals surface area contributed by atoms with Crippen molar-refractivity contribution in [1.82, 2.24) is 0 Å². The molecule has 3 rings (SSSR count). The van der Waals surface area contributed by atoms with Gasteiger partial charge in [-0.1, -0.05) is 90.2 Å². The smallest absolute Gasteiger partial charge is 0.155 e. The number of amidine groups is 1. The minimum absolute atomic E-state index is 0.232. The highest BCUT2D eigenvalue weighted by atomic mass is 127. The van der Waals surface area contributed by atoms with E-state index in [1.165, 1.54) is 5.56 Å². The molecule has 0 saturated heterocycles. The second kappa shape index (κ2) is 6.52. The summed E-state index contributed by atoms with van der Waals surface area (Å²) in [5.41, 5.74) is 3.45. The predicted molar refractivity (Wildman–Crippen MR) is 97.5 cm³/mol. The summed E-state index contributed by atoms with van der Waals surface area (Å²) in [6.07, 6.45) is 1.05. The number of benzene rings is 2. The van der Waals surface area contributed by atoms with Gasteiger partial charge in [0.05, 0.1) is 5.71 Å². The van der Waals surface area contributed by atoms with E-state index in [2.05, 4.69) is 65.9 Å². The van der Waals surface area contributed by atoms with Crippen LogP contribution in [0.3, 0.4) is 0 Å². The first-order chi connectivity index (χ1) is 10.3. The van der Waals surface area contributed by atoms with Crippen molar-refractivity contribution in [1.29, 1.82) is 0 Å². The number of hydrogen-bond donors (Lipinski definition) is 0. The Bertz CT molecular complexity index is 662. The fourth-order valence-electron chi connectivity index (χ4n) is 2.56. The highest BCUT2D eigenvalue weighted by molar-refractivity contribution is 14.1. The average molecular weight is 388 g/mol. The van der Waals surface area contributed by atoms with Gasteiger partial charge in [0.1, 0.15) is 4.05 Å². The third kappa shape index (κ3) is 3.07. The van der Waals surface area contributed by atoms with Crippen LogP contribution in [-0.2, 0) is 0 Å². The van der Waals surface area contributed by atoms with E-state index in [4.69, 9.17) is 9.98 Å². The summed E-state index contributed by atoms with van der Waals surface area (Å²) in [6.45, 7) is 2.21. The Morgan fingerprint density at radius 3 is 2.05 bits per heavy atom. The quantitative estimate of drug-likeness (QED) is 0.413. The van der Waals surface area contributed by atoms with Gasteiger partial charge in [-0.25, -0.2) is 4.99 Å². The number of aliphatic imine (C=N–C) groups is 2. The summed E-state index contributed by atoms with van der Waals surface area (Å²) >= 11 is 2.43. The summed E-state index contributed by atoms with van der Waals surface area (Å²) in [6, 6.07) is 20.7. The van der Waals surface area contributed by atoms with Crippen LogP contribution in [0.2, 0.25) is 0 Å². The molecule has 2 nitrogen and oxygen atoms in total. The lowest BCUT2D eigenvalue weighted by Crippen LogP contribution is -2.29. The lowest BCUT2D eigenvalue weighted by molar-refractivity contribution is 0.652. The van der Waals surface area contributed by atoms with Crippen molar-refractivity contribution in [2.24, 2.45) is 15.9 Å². The Morgan fingerprint density at radius 2 is 1.48 bits per heavy atom. The number of hydrogen-bond acceptors (Lipinski definition) is 2. The minimum Gasteiger partial charge on any atom is -0.251 e. The molecule has 0 bridgehead atoms. The van der Waals surface area contributed by atoms with E-state index in [-0.39, 0.29) is 4.05 Å². The molecule has 1 aliphatic heterocycles. The zero-order valence-corrected chi connectivity index (χ0v) is 14.1. The molecule has 1 aliphatic rings. The Labute approximate surface area is 139 Å². The summed E-state index contributed by atoms with van der Waals surface area (Å²) in [5, 5.41) is 0. The van der Waals surface area contributed by atoms with Crippen molar-refractivity contribution in [3.63, 3.8) is 0 Å². The lowest BCUT2D eigenvalue weighted by Gasteiger charge is -2.25. The first-order valence-electron chi connectivity index (χ1n) is 7.21. The SMILES string of the molecule is CCC1C(c2ccccc2)=NC(c2ccccc2)=NC1I. The molecule has 0 aromatic heterocycles. The molecule has 0 radical (unpaired) electrons. The Hall–Kier alpha value is -1.49. The van der Waals surface area contributed by atoms with Crippen LogP contribution in [0, 0.1) is 5.92 Å². The van der Waals surface area contributed by atoms with E-state index in [1.807, 2.05) is 24.3 Å². The second-order valence-corrected chi connectivity index (χ2v) is 6.35. The zero-order valence-electron chi connectivity index (χ0n) is 11.9. The molecule has 3 heteroatoms. The summed E-state index contributed by atoms with van der Waals surface area (Å²) in [7, 11) is 0. The molecule has 0 saturated carbocycles. The van der Waals surface area contributed by atoms with Crippen LogP contribution in [0.5, 0.6) is 0 Å². The predicted octanol–water partition coefficient (Wildman–Crippen LogP) is 4.72. The van der Waals surface area contributed by atoms with Crippen molar-refractivity contribution in [2.45, 2.75) is 17.4 Å². The number of rotatable bonds is 3. The standard InChI is InChI=1S/C18H17IN2/c1-2-15-16(13-9-5-3-6-10-13)20-18(21-17(15)19)14-11-7-4-8-12-14/h3-12,15,17H,2H2,1H3. The van der Waals surface area contributed by atoms with Gasteiger partial charge in [0, 0.05) is 11.5 Å². The van der Waals surface area contributed by atoms with Crippen molar-refractivity contribution in [2.75, 3.05) is 0 Å². The van der Waals surface area contributed by atoms with Crippen LogP contribution in [-0.4, -0.2) is 15.6 Å². The van der Waals surface area contributed by atoms with Gasteiger partial charge in [-0.05, 0) is 12.0 Å². The molecule has 2 unspecified atom stereocenters. The van der Waals surface area contributed by atoms with Gasteiger partial charge < -0.3 is 0 Å². The van der Waals surface area contributed by atoms with E-state index >= 15 is 0 Å². The van der Waals surface area contributed by atoms with Gasteiger partial charge in [0.2, 0.25) is 0 Å². The molecule has 2 atom stereocenters. The first-order valence-corrected chi connectivity index (χ1v) is 8.45. The van der Waals surface area contributed by atoms with E-state index in [0.717, 1.165) is 23.5 Å². The van der Waals surface area contributed by atoms with E-state index in [0.29, 0.717) is 5.92 Å². The molecule has 1 heterocycles. The van der Waals surface area contributed by atoms with Gasteiger partial charge >= 0.3 is 0 Å². The molecule has 0 N–H and O–H groups in total. The number of nitrogens with zero attached hydrogens (tertiary/aromatic N) is 2. The highest BCUT2D eigenvalue weighted by Gasteiger charge is 2.28. The molecule has 21 heavy (non-hydrogen) atoms. The van der Waals surface area contributed by atoms with E-state index < -0.39 is 0 Å². The van der Waals surface area contributed by atoms with E-state index in [1.54, 1.807) is 0 Å². The highest BCUT2D eigenvalue weighted by Crippen LogP contribution is 2.28. The number of halogens is 1. The van der Waals surface area contributed by atoms with Crippen LogP contribution >= 0.6 is 22.6 Å². The second-order valence-electron chi connectivity index (χ2n) is 5.07. The maximum Gasteiger partial charge on any atom is 0.155 e. The maximum absolute atomic E-state index is 4.89. The zero-order chi connectivity index (χ0) is 14.7. The van der Waals surface area contributed by atoms with Crippen LogP contribution in [0.1, 0.15) is 24.5 Å². The maximum atomic E-state index is 4.89. The molecular formula is C18H17IN2. The fraction of sp³-hybridized carbons (Fsp3) is 0.222. The van der Waals surface area contributed by atoms with Gasteiger partial charge in [0.15, 0.2) is 5.84 Å². The molecular weight excluding hydrogens is 371 g/mol. The topological polar surface area (TPSA) is 24.7 Å². The van der Waals surface area contributed by atoms with Gasteiger partial charge in [-0.2, -0.15) is 0 Å². The van der Waals surface area contributed by atoms with Crippen molar-refractivity contribution < 1.29 is 0 Å². The summed E-state index contributed by atoms with van der Waals surface area (Å²) in [4.78, 5) is 9.68. The van der Waals surface area contributed by atoms with Crippen LogP contribution in [0.25, 0.3) is 0 Å². The van der Waals surface area contributed by atoms with E-state index in [9.17, 15) is 0 Å². The fourth-order valence-corrected chi connectivity index (χ4v) is 3.68. The van der Waals surface area contributed by atoms with Crippen molar-refractivity contribution in [3.05, 3.63) is 71.8 Å². The summed E-state index contributed by atoms with van der Waals surface area (Å²) < 4.78 is 0.232. The first kappa shape index (κ1) is 14.4. The minimum atomic E-state index is 0.232. The molecule has 2 aromatic rings. The summed E-state index contributed by atoms with van der Waals surface area (Å²) in [5.74, 6) is 1.22. The van der Waals surface area contributed by atoms with Gasteiger partial charge in [-0.15, -0.1) is 0 Å². The normalized spacial score (nSPS) is 21.6. The molecule has 106 valence electrons.